The predicted molar refractivity (Wildman–Crippen MR) is 96.6 cm³/mol. The van der Waals surface area contributed by atoms with Crippen molar-refractivity contribution >= 4 is 11.6 Å². The van der Waals surface area contributed by atoms with Crippen molar-refractivity contribution in [1.29, 1.82) is 0 Å². The zero-order chi connectivity index (χ0) is 18.0. The van der Waals surface area contributed by atoms with Gasteiger partial charge in [-0.1, -0.05) is 31.2 Å². The summed E-state index contributed by atoms with van der Waals surface area (Å²) in [5.41, 5.74) is 1.53. The summed E-state index contributed by atoms with van der Waals surface area (Å²) in [6.45, 7) is 3.89. The average molecular weight is 338 g/mol. The van der Waals surface area contributed by atoms with Gasteiger partial charge in [0.2, 0.25) is 0 Å². The van der Waals surface area contributed by atoms with Crippen molar-refractivity contribution in [2.75, 3.05) is 7.11 Å². The van der Waals surface area contributed by atoms with E-state index >= 15 is 0 Å². The number of hydrogen-bond acceptors (Lipinski definition) is 4. The van der Waals surface area contributed by atoms with Gasteiger partial charge in [-0.2, -0.15) is 10.1 Å². The van der Waals surface area contributed by atoms with E-state index in [0.717, 1.165) is 6.42 Å². The summed E-state index contributed by atoms with van der Waals surface area (Å²) >= 11 is 0. The number of aryl methyl sites for hydroxylation is 1. The average Bonchev–Trinajstić information content (AvgIpc) is 2.96. The van der Waals surface area contributed by atoms with Crippen LogP contribution in [0.3, 0.4) is 0 Å². The summed E-state index contributed by atoms with van der Waals surface area (Å²) in [7, 11) is 1.57. The number of hydrazone groups is 1. The molecule has 1 aliphatic rings. The first kappa shape index (κ1) is 17.2. The van der Waals surface area contributed by atoms with Crippen molar-refractivity contribution < 1.29 is 14.6 Å². The molecule has 1 N–H and O–H groups in total. The smallest absolute Gasteiger partial charge is 0.276 e. The molecule has 5 nitrogen and oxygen atoms in total. The molecule has 0 radical (unpaired) electrons. The van der Waals surface area contributed by atoms with Crippen molar-refractivity contribution in [2.45, 2.75) is 32.4 Å². The maximum absolute atomic E-state index is 12.9. The van der Waals surface area contributed by atoms with Gasteiger partial charge >= 0.3 is 0 Å². The van der Waals surface area contributed by atoms with Crippen molar-refractivity contribution in [1.82, 2.24) is 5.01 Å². The maximum atomic E-state index is 12.9. The van der Waals surface area contributed by atoms with Gasteiger partial charge in [0.05, 0.1) is 7.11 Å². The van der Waals surface area contributed by atoms with Crippen LogP contribution in [0.1, 0.15) is 41.8 Å². The number of methoxy groups -OCH3 is 1. The highest BCUT2D eigenvalue weighted by Crippen LogP contribution is 2.36. The van der Waals surface area contributed by atoms with Crippen molar-refractivity contribution in [2.24, 2.45) is 5.10 Å². The van der Waals surface area contributed by atoms with E-state index in [0.29, 0.717) is 29.0 Å². The van der Waals surface area contributed by atoms with Crippen LogP contribution in [0.2, 0.25) is 0 Å². The second-order valence-electron chi connectivity index (χ2n) is 6.22. The van der Waals surface area contributed by atoms with E-state index in [1.807, 2.05) is 31.2 Å². The van der Waals surface area contributed by atoms with Crippen LogP contribution in [0.25, 0.3) is 0 Å². The molecule has 0 aromatic heterocycles. The van der Waals surface area contributed by atoms with Gasteiger partial charge in [-0.3, -0.25) is 4.79 Å². The first-order valence-corrected chi connectivity index (χ1v) is 8.32. The standard InChI is InChI=1S/C20H22N2O3/c1-4-15-5-9-17(10-6-15)20(24)13-14(2)21-22(20)19(23)16-7-11-18(25-3)12-8-16/h5-12,24H,4,13H2,1-3H3. The minimum atomic E-state index is -1.46. The Morgan fingerprint density at radius 2 is 1.84 bits per heavy atom. The number of aliphatic hydroxyl groups is 1. The lowest BCUT2D eigenvalue weighted by atomic mass is 9.96. The number of rotatable bonds is 4. The molecule has 5 heteroatoms. The van der Waals surface area contributed by atoms with Crippen molar-refractivity contribution in [3.05, 3.63) is 65.2 Å². The van der Waals surface area contributed by atoms with Gasteiger partial charge in [0, 0.05) is 23.3 Å². The van der Waals surface area contributed by atoms with Crippen molar-refractivity contribution in [3.63, 3.8) is 0 Å². The lowest BCUT2D eigenvalue weighted by molar-refractivity contribution is -0.0765. The number of carbonyl (C=O) groups excluding carboxylic acids is 1. The summed E-state index contributed by atoms with van der Waals surface area (Å²) in [5, 5.41) is 16.7. The van der Waals surface area contributed by atoms with Crippen molar-refractivity contribution in [3.8, 4) is 5.75 Å². The highest BCUT2D eigenvalue weighted by molar-refractivity contribution is 5.98. The molecule has 0 aliphatic carbocycles. The second kappa shape index (κ2) is 6.69. The molecule has 25 heavy (non-hydrogen) atoms. The topological polar surface area (TPSA) is 62.1 Å². The third-order valence-corrected chi connectivity index (χ3v) is 4.48. The molecule has 1 amide bonds. The molecule has 0 saturated carbocycles. The lowest BCUT2D eigenvalue weighted by Gasteiger charge is -2.31. The van der Waals surface area contributed by atoms with Crippen LogP contribution in [0, 0.1) is 0 Å². The molecular formula is C20H22N2O3. The fourth-order valence-corrected chi connectivity index (χ4v) is 3.02. The molecular weight excluding hydrogens is 316 g/mol. The zero-order valence-corrected chi connectivity index (χ0v) is 14.7. The van der Waals surface area contributed by atoms with Gasteiger partial charge in [0.1, 0.15) is 5.75 Å². The quantitative estimate of drug-likeness (QED) is 0.930. The summed E-state index contributed by atoms with van der Waals surface area (Å²) in [4.78, 5) is 12.9. The Morgan fingerprint density at radius 1 is 1.20 bits per heavy atom. The first-order valence-electron chi connectivity index (χ1n) is 8.32. The van der Waals surface area contributed by atoms with Gasteiger partial charge in [-0.15, -0.1) is 0 Å². The molecule has 3 rings (SSSR count). The molecule has 2 aromatic rings. The highest BCUT2D eigenvalue weighted by atomic mass is 16.5. The number of benzene rings is 2. The van der Waals surface area contributed by atoms with E-state index in [2.05, 4.69) is 12.0 Å². The number of ether oxygens (including phenoxy) is 1. The fraction of sp³-hybridized carbons (Fsp3) is 0.300. The molecule has 0 bridgehead atoms. The summed E-state index contributed by atoms with van der Waals surface area (Å²) in [6.07, 6.45) is 1.21. The molecule has 0 saturated heterocycles. The van der Waals surface area contributed by atoms with Crippen LogP contribution < -0.4 is 4.74 Å². The molecule has 1 aliphatic heterocycles. The number of carbonyl (C=O) groups is 1. The summed E-state index contributed by atoms with van der Waals surface area (Å²) in [5.74, 6) is 0.324. The van der Waals surface area contributed by atoms with Gasteiger partial charge in [-0.05, 0) is 43.2 Å². The Kier molecular flexibility index (Phi) is 4.59. The van der Waals surface area contributed by atoms with E-state index in [-0.39, 0.29) is 5.91 Å². The van der Waals surface area contributed by atoms with Gasteiger partial charge in [0.15, 0.2) is 5.72 Å². The second-order valence-corrected chi connectivity index (χ2v) is 6.22. The molecule has 0 spiro atoms. The van der Waals surface area contributed by atoms with Crippen LogP contribution in [0.5, 0.6) is 5.75 Å². The first-order chi connectivity index (χ1) is 12.0. The SMILES string of the molecule is CCc1ccc(C2(O)CC(C)=NN2C(=O)c2ccc(OC)cc2)cc1. The normalized spacial score (nSPS) is 19.7. The minimum Gasteiger partial charge on any atom is -0.497 e. The Morgan fingerprint density at radius 3 is 2.40 bits per heavy atom. The Labute approximate surface area is 147 Å². The molecule has 0 fully saturated rings. The van der Waals surface area contributed by atoms with Gasteiger partial charge in [0.25, 0.3) is 5.91 Å². The minimum absolute atomic E-state index is 0.292. The maximum Gasteiger partial charge on any atom is 0.276 e. The Balaban J connectivity index is 1.94. The van der Waals surface area contributed by atoms with Crippen LogP contribution >= 0.6 is 0 Å². The summed E-state index contributed by atoms with van der Waals surface area (Å²) < 4.78 is 5.12. The van der Waals surface area contributed by atoms with Crippen LogP contribution in [0.4, 0.5) is 0 Å². The Hall–Kier alpha value is -2.66. The number of nitrogens with zero attached hydrogens (tertiary/aromatic N) is 2. The van der Waals surface area contributed by atoms with Crippen LogP contribution in [-0.4, -0.2) is 28.8 Å². The van der Waals surface area contributed by atoms with E-state index in [1.165, 1.54) is 10.6 Å². The largest absolute Gasteiger partial charge is 0.497 e. The lowest BCUT2D eigenvalue weighted by Crippen LogP contribution is -2.43. The fourth-order valence-electron chi connectivity index (χ4n) is 3.02. The third kappa shape index (κ3) is 3.15. The Bertz CT molecular complexity index is 797. The molecule has 1 unspecified atom stereocenters. The monoisotopic (exact) mass is 338 g/mol. The number of amides is 1. The van der Waals surface area contributed by atoms with E-state index in [4.69, 9.17) is 4.74 Å². The molecule has 1 heterocycles. The van der Waals surface area contributed by atoms with Gasteiger partial charge in [-0.25, -0.2) is 0 Å². The van der Waals surface area contributed by atoms with Crippen LogP contribution in [0.15, 0.2) is 53.6 Å². The van der Waals surface area contributed by atoms with Gasteiger partial charge < -0.3 is 9.84 Å². The summed E-state index contributed by atoms with van der Waals surface area (Å²) in [6, 6.07) is 14.4. The highest BCUT2D eigenvalue weighted by Gasteiger charge is 2.45. The zero-order valence-electron chi connectivity index (χ0n) is 14.7. The molecule has 130 valence electrons. The van der Waals surface area contributed by atoms with E-state index < -0.39 is 5.72 Å². The van der Waals surface area contributed by atoms with Crippen LogP contribution in [-0.2, 0) is 12.1 Å². The van der Waals surface area contributed by atoms with E-state index in [1.54, 1.807) is 31.4 Å². The third-order valence-electron chi connectivity index (χ3n) is 4.48. The predicted octanol–water partition coefficient (Wildman–Crippen LogP) is 3.32. The molecule has 1 atom stereocenters. The number of hydrogen-bond donors (Lipinski definition) is 1. The molecule has 2 aromatic carbocycles. The van der Waals surface area contributed by atoms with E-state index in [9.17, 15) is 9.90 Å².